The molecule has 0 rings (SSSR count). The van der Waals surface area contributed by atoms with E-state index in [0.717, 1.165) is 0 Å². The first kappa shape index (κ1) is 26.6. The molecule has 0 aromatic heterocycles. The Morgan fingerprint density at radius 3 is 2.00 bits per heavy atom. The third kappa shape index (κ3) is 12.6. The highest BCUT2D eigenvalue weighted by Crippen LogP contribution is 2.19. The molecule has 4 N–H and O–H groups in total. The molecule has 11 heteroatoms. The lowest BCUT2D eigenvalue weighted by Gasteiger charge is -2.27. The second-order valence-corrected chi connectivity index (χ2v) is 7.37. The molecule has 0 aliphatic rings. The lowest BCUT2D eigenvalue weighted by molar-refractivity contribution is -0.151. The van der Waals surface area contributed by atoms with Gasteiger partial charge in [0.1, 0.15) is 18.8 Å². The second-order valence-electron chi connectivity index (χ2n) is 7.37. The Morgan fingerprint density at radius 1 is 0.897 bits per heavy atom. The van der Waals surface area contributed by atoms with E-state index in [4.69, 9.17) is 25.7 Å². The number of methoxy groups -OCH3 is 1. The Labute approximate surface area is 170 Å². The van der Waals surface area contributed by atoms with Crippen LogP contribution in [0.15, 0.2) is 0 Å². The monoisotopic (exact) mass is 420 g/mol. The van der Waals surface area contributed by atoms with Crippen molar-refractivity contribution in [2.45, 2.75) is 64.3 Å². The molecule has 0 aromatic rings. The lowest BCUT2D eigenvalue weighted by Crippen LogP contribution is -2.37. The minimum absolute atomic E-state index is 0.0986. The topological polar surface area (TPSA) is 166 Å². The van der Waals surface area contributed by atoms with E-state index in [1.807, 2.05) is 13.8 Å². The fraction of sp³-hybridized carbons (Fsp3) is 0.778. The van der Waals surface area contributed by atoms with Gasteiger partial charge in [0.15, 0.2) is 11.9 Å². The molecular weight excluding hydrogens is 388 g/mol. The van der Waals surface area contributed by atoms with Crippen LogP contribution in [0.25, 0.3) is 0 Å². The second kappa shape index (κ2) is 12.2. The maximum Gasteiger partial charge on any atom is 0.405 e. The number of esters is 1. The van der Waals surface area contributed by atoms with Gasteiger partial charge < -0.3 is 35.2 Å². The number of ether oxygens (including phenoxy) is 5. The van der Waals surface area contributed by atoms with Gasteiger partial charge in [-0.2, -0.15) is 0 Å². The molecule has 0 fully saturated rings. The average molecular weight is 420 g/mol. The van der Waals surface area contributed by atoms with Crippen LogP contribution in [0, 0.1) is 0 Å². The van der Waals surface area contributed by atoms with Crippen LogP contribution < -0.4 is 11.5 Å². The van der Waals surface area contributed by atoms with Gasteiger partial charge >= 0.3 is 18.2 Å². The predicted molar refractivity (Wildman–Crippen MR) is 101 cm³/mol. The molecule has 0 heterocycles. The molecule has 11 nitrogen and oxygen atoms in total. The molecule has 1 atom stereocenters. The Balaban J connectivity index is 4.39. The van der Waals surface area contributed by atoms with Gasteiger partial charge in [-0.1, -0.05) is 0 Å². The van der Waals surface area contributed by atoms with Crippen LogP contribution in [0.3, 0.4) is 0 Å². The number of primary amides is 2. The van der Waals surface area contributed by atoms with E-state index < -0.39 is 43.1 Å². The molecule has 29 heavy (non-hydrogen) atoms. The van der Waals surface area contributed by atoms with E-state index in [1.165, 1.54) is 0 Å². The van der Waals surface area contributed by atoms with Gasteiger partial charge in [0.25, 0.3) is 0 Å². The van der Waals surface area contributed by atoms with Gasteiger partial charge in [-0.05, 0) is 34.1 Å². The summed E-state index contributed by atoms with van der Waals surface area (Å²) in [7, 11) is 1.60. The van der Waals surface area contributed by atoms with Gasteiger partial charge in [0.05, 0.1) is 18.6 Å². The van der Waals surface area contributed by atoms with Crippen molar-refractivity contribution in [1.29, 1.82) is 0 Å². The summed E-state index contributed by atoms with van der Waals surface area (Å²) in [5, 5.41) is 0. The van der Waals surface area contributed by atoms with Crippen molar-refractivity contribution < 1.29 is 42.9 Å². The molecular formula is C18H32N2O9. The van der Waals surface area contributed by atoms with Crippen molar-refractivity contribution in [3.05, 3.63) is 0 Å². The van der Waals surface area contributed by atoms with Crippen LogP contribution in [-0.4, -0.2) is 68.2 Å². The fourth-order valence-corrected chi connectivity index (χ4v) is 1.96. The molecule has 0 aromatic carbocycles. The van der Waals surface area contributed by atoms with Crippen molar-refractivity contribution in [2.24, 2.45) is 11.5 Å². The Kier molecular flexibility index (Phi) is 11.2. The number of rotatable bonds is 14. The van der Waals surface area contributed by atoms with Crippen molar-refractivity contribution in [3.63, 3.8) is 0 Å². The quantitative estimate of drug-likeness (QED) is 0.308. The first-order valence-electron chi connectivity index (χ1n) is 9.05. The van der Waals surface area contributed by atoms with Crippen molar-refractivity contribution >= 4 is 23.9 Å². The zero-order valence-electron chi connectivity index (χ0n) is 17.6. The van der Waals surface area contributed by atoms with Gasteiger partial charge in [-0.25, -0.2) is 9.59 Å². The summed E-state index contributed by atoms with van der Waals surface area (Å²) in [6.45, 7) is 6.54. The first-order valence-corrected chi connectivity index (χ1v) is 9.05. The maximum absolute atomic E-state index is 12.3. The first-order chi connectivity index (χ1) is 13.3. The van der Waals surface area contributed by atoms with Crippen LogP contribution in [0.1, 0.15) is 47.0 Å². The number of Topliss-reactive ketones (excluding diaryl/α,β-unsaturated/α-hetero) is 1. The number of hydrogen-bond acceptors (Lipinski definition) is 9. The highest BCUT2D eigenvalue weighted by molar-refractivity contribution is 5.89. The summed E-state index contributed by atoms with van der Waals surface area (Å²) >= 11 is 0. The third-order valence-electron chi connectivity index (χ3n) is 4.07. The molecule has 0 aliphatic heterocycles. The Bertz CT molecular complexity index is 576. The van der Waals surface area contributed by atoms with Crippen molar-refractivity contribution in [1.82, 2.24) is 0 Å². The SMILES string of the molecule is COC(C)(C)CCOC(C)(C)C(=O)CCC(=O)OCC(COC(N)=O)OC(N)=O. The minimum atomic E-state index is -1.13. The summed E-state index contributed by atoms with van der Waals surface area (Å²) < 4.78 is 25.0. The number of nitrogens with two attached hydrogens (primary N) is 2. The molecule has 0 spiro atoms. The zero-order chi connectivity index (χ0) is 22.7. The van der Waals surface area contributed by atoms with Gasteiger partial charge in [-0.3, -0.25) is 9.59 Å². The molecule has 2 amide bonds. The molecule has 0 aliphatic carbocycles. The van der Waals surface area contributed by atoms with Crippen LogP contribution >= 0.6 is 0 Å². The Morgan fingerprint density at radius 2 is 1.48 bits per heavy atom. The number of carbonyl (C=O) groups is 4. The number of hydrogen-bond donors (Lipinski definition) is 2. The smallest absolute Gasteiger partial charge is 0.405 e. The Hall–Kier alpha value is -2.40. The predicted octanol–water partition coefficient (Wildman–Crippen LogP) is 1.05. The van der Waals surface area contributed by atoms with E-state index in [2.05, 4.69) is 9.47 Å². The summed E-state index contributed by atoms with van der Waals surface area (Å²) in [5.41, 5.74) is 8.26. The summed E-state index contributed by atoms with van der Waals surface area (Å²) in [5.74, 6) is -0.974. The third-order valence-corrected chi connectivity index (χ3v) is 4.07. The van der Waals surface area contributed by atoms with E-state index in [9.17, 15) is 19.2 Å². The summed E-state index contributed by atoms with van der Waals surface area (Å²) in [6.07, 6.45) is -3.03. The normalized spacial score (nSPS) is 12.7. The van der Waals surface area contributed by atoms with Crippen molar-refractivity contribution in [3.8, 4) is 0 Å². The van der Waals surface area contributed by atoms with E-state index in [-0.39, 0.29) is 24.2 Å². The fourth-order valence-electron chi connectivity index (χ4n) is 1.96. The highest BCUT2D eigenvalue weighted by Gasteiger charge is 2.30. The molecule has 168 valence electrons. The summed E-state index contributed by atoms with van der Waals surface area (Å²) in [6, 6.07) is 0. The van der Waals surface area contributed by atoms with Crippen LogP contribution in [0.2, 0.25) is 0 Å². The average Bonchev–Trinajstić information content (AvgIpc) is 2.60. The van der Waals surface area contributed by atoms with E-state index in [0.29, 0.717) is 13.0 Å². The largest absolute Gasteiger partial charge is 0.462 e. The van der Waals surface area contributed by atoms with Crippen LogP contribution in [0.4, 0.5) is 9.59 Å². The lowest BCUT2D eigenvalue weighted by atomic mass is 9.99. The van der Waals surface area contributed by atoms with Crippen LogP contribution in [-0.2, 0) is 33.3 Å². The summed E-state index contributed by atoms with van der Waals surface area (Å²) in [4.78, 5) is 45.6. The maximum atomic E-state index is 12.3. The van der Waals surface area contributed by atoms with Gasteiger partial charge in [-0.15, -0.1) is 0 Å². The number of amides is 2. The van der Waals surface area contributed by atoms with Crippen molar-refractivity contribution in [2.75, 3.05) is 26.9 Å². The molecule has 0 radical (unpaired) electrons. The number of ketones is 1. The van der Waals surface area contributed by atoms with Crippen LogP contribution in [0.5, 0.6) is 0 Å². The van der Waals surface area contributed by atoms with Gasteiger partial charge in [0.2, 0.25) is 0 Å². The standard InChI is InChI=1S/C18H32N2O9/c1-17(2,25-5)8-9-28-18(3,4)13(21)6-7-14(22)26-10-12(29-16(20)24)11-27-15(19)23/h12H,6-11H2,1-5H3,(H2,19,23)(H2,20,24). The van der Waals surface area contributed by atoms with E-state index in [1.54, 1.807) is 21.0 Å². The highest BCUT2D eigenvalue weighted by atomic mass is 16.6. The van der Waals surface area contributed by atoms with E-state index >= 15 is 0 Å². The molecule has 1 unspecified atom stereocenters. The minimum Gasteiger partial charge on any atom is -0.462 e. The number of carbonyl (C=O) groups excluding carboxylic acids is 4. The zero-order valence-corrected chi connectivity index (χ0v) is 17.6. The molecule has 0 bridgehead atoms. The van der Waals surface area contributed by atoms with Gasteiger partial charge in [0, 0.05) is 13.5 Å². The molecule has 0 saturated heterocycles. The molecule has 0 saturated carbocycles.